The summed E-state index contributed by atoms with van der Waals surface area (Å²) in [6.07, 6.45) is 8.79. The van der Waals surface area contributed by atoms with E-state index in [0.717, 1.165) is 23.1 Å². The number of aromatic nitrogens is 1. The molecule has 0 saturated heterocycles. The summed E-state index contributed by atoms with van der Waals surface area (Å²) in [6.45, 7) is 4.44. The molecule has 2 aromatic rings. The van der Waals surface area contributed by atoms with Crippen molar-refractivity contribution in [1.82, 2.24) is 10.3 Å². The second-order valence-corrected chi connectivity index (χ2v) is 7.44. The molecule has 1 aliphatic rings. The van der Waals surface area contributed by atoms with Crippen LogP contribution in [-0.2, 0) is 6.54 Å². The first-order valence-electron chi connectivity index (χ1n) is 7.91. The standard InChI is InChI=1S/C18H23BrN2/c1-18(9-3-2-4-10-18)13-20-12-14-7-8-16(19)15-6-5-11-21-17(14)15/h5-8,11,20H,2-4,9-10,12-13H2,1H3. The molecule has 0 bridgehead atoms. The minimum Gasteiger partial charge on any atom is -0.312 e. The van der Waals surface area contributed by atoms with Gasteiger partial charge in [0.25, 0.3) is 0 Å². The van der Waals surface area contributed by atoms with Crippen LogP contribution >= 0.6 is 15.9 Å². The monoisotopic (exact) mass is 346 g/mol. The molecule has 0 atom stereocenters. The van der Waals surface area contributed by atoms with Gasteiger partial charge in [-0.1, -0.05) is 54.2 Å². The number of rotatable bonds is 4. The lowest BCUT2D eigenvalue weighted by molar-refractivity contribution is 0.207. The first-order valence-corrected chi connectivity index (χ1v) is 8.70. The second kappa shape index (κ2) is 6.45. The molecule has 3 heteroatoms. The van der Waals surface area contributed by atoms with Crippen molar-refractivity contribution < 1.29 is 0 Å². The fraction of sp³-hybridized carbons (Fsp3) is 0.500. The van der Waals surface area contributed by atoms with Crippen molar-refractivity contribution in [3.8, 4) is 0 Å². The quantitative estimate of drug-likeness (QED) is 0.836. The first kappa shape index (κ1) is 15.0. The Morgan fingerprint density at radius 3 is 2.81 bits per heavy atom. The van der Waals surface area contributed by atoms with Crippen molar-refractivity contribution in [2.75, 3.05) is 6.54 Å². The predicted molar refractivity (Wildman–Crippen MR) is 92.3 cm³/mol. The van der Waals surface area contributed by atoms with E-state index in [4.69, 9.17) is 0 Å². The van der Waals surface area contributed by atoms with Crippen LogP contribution in [0.25, 0.3) is 10.9 Å². The molecule has 112 valence electrons. The van der Waals surface area contributed by atoms with Crippen LogP contribution in [0.1, 0.15) is 44.6 Å². The molecule has 1 heterocycles. The maximum Gasteiger partial charge on any atom is 0.0758 e. The Morgan fingerprint density at radius 2 is 2.00 bits per heavy atom. The largest absolute Gasteiger partial charge is 0.312 e. The van der Waals surface area contributed by atoms with Gasteiger partial charge in [0, 0.05) is 29.1 Å². The van der Waals surface area contributed by atoms with Crippen LogP contribution in [0.5, 0.6) is 0 Å². The van der Waals surface area contributed by atoms with Crippen molar-refractivity contribution in [3.63, 3.8) is 0 Å². The highest BCUT2D eigenvalue weighted by molar-refractivity contribution is 9.10. The average molecular weight is 347 g/mol. The van der Waals surface area contributed by atoms with Crippen LogP contribution in [0.4, 0.5) is 0 Å². The Bertz CT molecular complexity index is 618. The van der Waals surface area contributed by atoms with E-state index in [0.29, 0.717) is 5.41 Å². The summed E-state index contributed by atoms with van der Waals surface area (Å²) in [5.41, 5.74) is 2.87. The molecule has 1 N–H and O–H groups in total. The molecule has 0 unspecified atom stereocenters. The highest BCUT2D eigenvalue weighted by Crippen LogP contribution is 2.35. The fourth-order valence-electron chi connectivity index (χ4n) is 3.42. The third-order valence-corrected chi connectivity index (χ3v) is 5.42. The molecule has 1 fully saturated rings. The lowest BCUT2D eigenvalue weighted by atomic mass is 9.76. The van der Waals surface area contributed by atoms with Gasteiger partial charge < -0.3 is 5.32 Å². The Kier molecular flexibility index (Phi) is 4.60. The summed E-state index contributed by atoms with van der Waals surface area (Å²) in [5, 5.41) is 4.86. The summed E-state index contributed by atoms with van der Waals surface area (Å²) in [5.74, 6) is 0. The van der Waals surface area contributed by atoms with E-state index in [-0.39, 0.29) is 0 Å². The van der Waals surface area contributed by atoms with Crippen LogP contribution in [0.3, 0.4) is 0 Å². The molecular weight excluding hydrogens is 324 g/mol. The van der Waals surface area contributed by atoms with E-state index >= 15 is 0 Å². The van der Waals surface area contributed by atoms with E-state index in [1.807, 2.05) is 12.3 Å². The highest BCUT2D eigenvalue weighted by atomic mass is 79.9. The third kappa shape index (κ3) is 3.46. The Morgan fingerprint density at radius 1 is 1.19 bits per heavy atom. The van der Waals surface area contributed by atoms with Crippen molar-refractivity contribution in [2.24, 2.45) is 5.41 Å². The van der Waals surface area contributed by atoms with Gasteiger partial charge in [0.2, 0.25) is 0 Å². The van der Waals surface area contributed by atoms with Gasteiger partial charge in [-0.2, -0.15) is 0 Å². The van der Waals surface area contributed by atoms with Crippen LogP contribution in [0.15, 0.2) is 34.9 Å². The summed E-state index contributed by atoms with van der Waals surface area (Å²) in [4.78, 5) is 4.55. The number of fused-ring (bicyclic) bond motifs is 1. The zero-order valence-electron chi connectivity index (χ0n) is 12.7. The van der Waals surface area contributed by atoms with Gasteiger partial charge in [-0.05, 0) is 36.0 Å². The van der Waals surface area contributed by atoms with Crippen molar-refractivity contribution >= 4 is 26.8 Å². The maximum absolute atomic E-state index is 4.55. The molecule has 1 saturated carbocycles. The van der Waals surface area contributed by atoms with Crippen LogP contribution in [-0.4, -0.2) is 11.5 Å². The Balaban J connectivity index is 1.69. The molecular formula is C18H23BrN2. The van der Waals surface area contributed by atoms with E-state index in [2.05, 4.69) is 51.4 Å². The molecule has 2 nitrogen and oxygen atoms in total. The number of halogens is 1. The molecule has 1 aromatic heterocycles. The van der Waals surface area contributed by atoms with Gasteiger partial charge in [-0.3, -0.25) is 4.98 Å². The van der Waals surface area contributed by atoms with E-state index in [9.17, 15) is 0 Å². The predicted octanol–water partition coefficient (Wildman–Crippen LogP) is 5.06. The van der Waals surface area contributed by atoms with E-state index in [1.165, 1.54) is 43.1 Å². The normalized spacial score (nSPS) is 18.0. The highest BCUT2D eigenvalue weighted by Gasteiger charge is 2.26. The topological polar surface area (TPSA) is 24.9 Å². The zero-order chi connectivity index (χ0) is 14.7. The van der Waals surface area contributed by atoms with Gasteiger partial charge >= 0.3 is 0 Å². The number of hydrogen-bond acceptors (Lipinski definition) is 2. The smallest absolute Gasteiger partial charge is 0.0758 e. The van der Waals surface area contributed by atoms with Crippen molar-refractivity contribution in [3.05, 3.63) is 40.5 Å². The van der Waals surface area contributed by atoms with Gasteiger partial charge in [0.1, 0.15) is 0 Å². The number of benzene rings is 1. The number of pyridine rings is 1. The minimum absolute atomic E-state index is 0.483. The first-order chi connectivity index (χ1) is 10.2. The summed E-state index contributed by atoms with van der Waals surface area (Å²) in [6, 6.07) is 8.42. The van der Waals surface area contributed by atoms with Gasteiger partial charge in [0.05, 0.1) is 5.52 Å². The molecule has 1 aliphatic carbocycles. The summed E-state index contributed by atoms with van der Waals surface area (Å²) >= 11 is 3.61. The second-order valence-electron chi connectivity index (χ2n) is 6.58. The summed E-state index contributed by atoms with van der Waals surface area (Å²) < 4.78 is 1.12. The number of hydrogen-bond donors (Lipinski definition) is 1. The minimum atomic E-state index is 0.483. The molecule has 0 radical (unpaired) electrons. The van der Waals surface area contributed by atoms with Gasteiger partial charge in [0.15, 0.2) is 0 Å². The zero-order valence-corrected chi connectivity index (χ0v) is 14.2. The van der Waals surface area contributed by atoms with Crippen molar-refractivity contribution in [1.29, 1.82) is 0 Å². The SMILES string of the molecule is CC1(CNCc2ccc(Br)c3cccnc23)CCCCC1. The van der Waals surface area contributed by atoms with Crippen LogP contribution < -0.4 is 5.32 Å². The number of nitrogens with zero attached hydrogens (tertiary/aromatic N) is 1. The lowest BCUT2D eigenvalue weighted by Gasteiger charge is -2.33. The Hall–Kier alpha value is -0.930. The molecule has 0 aliphatic heterocycles. The number of nitrogens with one attached hydrogen (secondary N) is 1. The molecule has 0 amide bonds. The van der Waals surface area contributed by atoms with Crippen LogP contribution in [0.2, 0.25) is 0 Å². The van der Waals surface area contributed by atoms with Gasteiger partial charge in [-0.15, -0.1) is 0 Å². The van der Waals surface area contributed by atoms with Crippen LogP contribution in [0, 0.1) is 5.41 Å². The molecule has 3 rings (SSSR count). The molecule has 0 spiro atoms. The lowest BCUT2D eigenvalue weighted by Crippen LogP contribution is -2.33. The van der Waals surface area contributed by atoms with Crippen molar-refractivity contribution in [2.45, 2.75) is 45.6 Å². The fourth-order valence-corrected chi connectivity index (χ4v) is 3.87. The van der Waals surface area contributed by atoms with E-state index in [1.54, 1.807) is 0 Å². The molecule has 1 aromatic carbocycles. The maximum atomic E-state index is 4.55. The Labute approximate surface area is 135 Å². The van der Waals surface area contributed by atoms with E-state index < -0.39 is 0 Å². The summed E-state index contributed by atoms with van der Waals surface area (Å²) in [7, 11) is 0. The van der Waals surface area contributed by atoms with Gasteiger partial charge in [-0.25, -0.2) is 0 Å². The third-order valence-electron chi connectivity index (χ3n) is 4.73. The molecule has 21 heavy (non-hydrogen) atoms. The average Bonchev–Trinajstić information content (AvgIpc) is 2.50.